The first-order valence-electron chi connectivity index (χ1n) is 1.76. The smallest absolute Gasteiger partial charge is 0.156 e. The summed E-state index contributed by atoms with van der Waals surface area (Å²) in [7, 11) is 1.82. The molecule has 0 aromatic heterocycles. The number of nitrogens with two attached hydrogens (primary N) is 1. The summed E-state index contributed by atoms with van der Waals surface area (Å²) in [6, 6.07) is 0. The van der Waals surface area contributed by atoms with Gasteiger partial charge in [0.1, 0.15) is 7.05 Å². The van der Waals surface area contributed by atoms with Gasteiger partial charge in [0, 0.05) is 0 Å². The third kappa shape index (κ3) is 0.293. The fraction of sp³-hybridized carbons (Fsp3) is 0.333. The number of rotatable bonds is 0. The van der Waals surface area contributed by atoms with Crippen LogP contribution < -0.4 is 11.3 Å². The molecular weight excluding hydrogens is 78.1 g/mol. The highest BCUT2D eigenvalue weighted by atomic mass is 16.0. The normalized spacial score (nSPS) is 42.0. The zero-order chi connectivity index (χ0) is 4.78. The number of nitrogens with zero attached hydrogens (tertiary/aromatic N) is 1. The van der Waals surface area contributed by atoms with E-state index in [-0.39, 0.29) is 0 Å². The molecule has 1 fully saturated rings. The second-order valence-corrected chi connectivity index (χ2v) is 1.63. The van der Waals surface area contributed by atoms with Crippen molar-refractivity contribution in [1.82, 2.24) is 5.43 Å². The van der Waals surface area contributed by atoms with Gasteiger partial charge in [-0.2, -0.15) is 5.43 Å². The first kappa shape index (κ1) is 3.64. The van der Waals surface area contributed by atoms with Crippen molar-refractivity contribution in [3.8, 4) is 0 Å². The molecule has 0 spiro atoms. The highest BCUT2D eigenvalue weighted by Crippen LogP contribution is 2.12. The molecule has 6 heavy (non-hydrogen) atoms. The Hall–Kier alpha value is -0.540. The Balaban J connectivity index is 2.63. The molecule has 0 radical (unpaired) electrons. The lowest BCUT2D eigenvalue weighted by atomic mass is 10.9. The van der Waals surface area contributed by atoms with E-state index in [4.69, 9.17) is 5.84 Å². The number of nitrogens with one attached hydrogen (secondary N) is 1. The molecule has 3 N–H and O–H groups in total. The van der Waals surface area contributed by atoms with Crippen LogP contribution in [0.5, 0.6) is 0 Å². The van der Waals surface area contributed by atoms with Crippen LogP contribution >= 0.6 is 0 Å². The van der Waals surface area contributed by atoms with Crippen LogP contribution in [-0.4, -0.2) is 11.7 Å². The highest BCUT2D eigenvalue weighted by Gasteiger charge is 2.40. The molecule has 1 saturated heterocycles. The molecule has 0 saturated carbocycles. The maximum Gasteiger partial charge on any atom is 0.284 e. The maximum absolute atomic E-state index is 5.34. The Bertz CT molecular complexity index is 94.2. The second kappa shape index (κ2) is 0.597. The third-order valence-electron chi connectivity index (χ3n) is 0.872. The van der Waals surface area contributed by atoms with Gasteiger partial charge in [0.15, 0.2) is 0 Å². The minimum Gasteiger partial charge on any atom is -0.156 e. The van der Waals surface area contributed by atoms with Crippen LogP contribution in [0.25, 0.3) is 0 Å². The van der Waals surface area contributed by atoms with Crippen molar-refractivity contribution in [1.29, 1.82) is 0 Å². The topological polar surface area (TPSA) is 48.0 Å². The van der Waals surface area contributed by atoms with Gasteiger partial charge < -0.3 is 0 Å². The average Bonchev–Trinajstić information content (AvgIpc) is 1.73. The van der Waals surface area contributed by atoms with Crippen molar-refractivity contribution in [2.45, 2.75) is 0 Å². The van der Waals surface area contributed by atoms with E-state index in [0.717, 1.165) is 5.82 Å². The Morgan fingerprint density at radius 1 is 2.00 bits per heavy atom. The zero-order valence-corrected chi connectivity index (χ0v) is 3.73. The fourth-order valence-electron chi connectivity index (χ4n) is 0.243. The summed E-state index contributed by atoms with van der Waals surface area (Å²) in [5.41, 5.74) is 2.79. The van der Waals surface area contributed by atoms with Crippen LogP contribution in [0.1, 0.15) is 0 Å². The highest BCUT2D eigenvalue weighted by molar-refractivity contribution is 4.84. The van der Waals surface area contributed by atoms with Gasteiger partial charge in [-0.3, -0.25) is 0 Å². The molecule has 1 unspecified atom stereocenters. The molecule has 0 amide bonds. The van der Waals surface area contributed by atoms with Gasteiger partial charge in [-0.05, 0) is 6.58 Å². The zero-order valence-electron chi connectivity index (χ0n) is 3.73. The lowest BCUT2D eigenvalue weighted by Crippen LogP contribution is -2.30. The molecule has 3 nitrogen and oxygen atoms in total. The van der Waals surface area contributed by atoms with Gasteiger partial charge in [-0.1, -0.05) is 0 Å². The monoisotopic (exact) mass is 86.1 g/mol. The molecule has 34 valence electrons. The number of quaternary nitrogens is 1. The van der Waals surface area contributed by atoms with E-state index in [1.54, 1.807) is 0 Å². The molecule has 1 atom stereocenters. The molecule has 0 aromatic rings. The average molecular weight is 86.1 g/mol. The van der Waals surface area contributed by atoms with E-state index in [2.05, 4.69) is 12.0 Å². The number of hydrogen-bond donors (Lipinski definition) is 2. The van der Waals surface area contributed by atoms with Crippen LogP contribution in [0.15, 0.2) is 12.4 Å². The first-order valence-corrected chi connectivity index (χ1v) is 1.76. The molecule has 0 aromatic carbocycles. The lowest BCUT2D eigenvalue weighted by Gasteiger charge is -1.89. The Morgan fingerprint density at radius 2 is 2.17 bits per heavy atom. The summed E-state index contributed by atoms with van der Waals surface area (Å²) in [5, 5.41) is 0. The summed E-state index contributed by atoms with van der Waals surface area (Å²) in [5.74, 6) is 6.21. The number of hydrogen-bond acceptors (Lipinski definition) is 2. The molecule has 0 bridgehead atoms. The van der Waals surface area contributed by atoms with Crippen LogP contribution in [0.4, 0.5) is 0 Å². The molecule has 1 heterocycles. The Labute approximate surface area is 36.6 Å². The van der Waals surface area contributed by atoms with Gasteiger partial charge >= 0.3 is 0 Å². The van der Waals surface area contributed by atoms with Crippen molar-refractivity contribution in [2.75, 3.05) is 7.05 Å². The summed E-state index contributed by atoms with van der Waals surface area (Å²) in [6.45, 7) is 3.56. The van der Waals surface area contributed by atoms with Crippen LogP contribution in [0.3, 0.4) is 0 Å². The van der Waals surface area contributed by atoms with Crippen LogP contribution in [0.2, 0.25) is 0 Å². The molecule has 3 heteroatoms. The Kier molecular flexibility index (Phi) is 0.362. The van der Waals surface area contributed by atoms with Gasteiger partial charge in [0.05, 0.1) is 0 Å². The van der Waals surface area contributed by atoms with Crippen molar-refractivity contribution < 1.29 is 4.70 Å². The summed E-state index contributed by atoms with van der Waals surface area (Å²) < 4.78 is 0.292. The van der Waals surface area contributed by atoms with Gasteiger partial charge in [-0.15, -0.1) is 10.5 Å². The molecular formula is C3H8N3+. The van der Waals surface area contributed by atoms with E-state index >= 15 is 0 Å². The minimum atomic E-state index is 0.292. The van der Waals surface area contributed by atoms with Crippen molar-refractivity contribution >= 4 is 0 Å². The lowest BCUT2D eigenvalue weighted by molar-refractivity contribution is -0.798. The Morgan fingerprint density at radius 3 is 2.17 bits per heavy atom. The molecule has 1 rings (SSSR count). The van der Waals surface area contributed by atoms with Crippen LogP contribution in [-0.2, 0) is 0 Å². The van der Waals surface area contributed by atoms with Crippen molar-refractivity contribution in [3.63, 3.8) is 0 Å². The third-order valence-corrected chi connectivity index (χ3v) is 0.872. The van der Waals surface area contributed by atoms with Crippen LogP contribution in [0, 0.1) is 0 Å². The van der Waals surface area contributed by atoms with Gasteiger partial charge in [0.2, 0.25) is 0 Å². The van der Waals surface area contributed by atoms with E-state index in [1.165, 1.54) is 0 Å². The van der Waals surface area contributed by atoms with E-state index in [0.29, 0.717) is 4.70 Å². The van der Waals surface area contributed by atoms with E-state index < -0.39 is 0 Å². The maximum atomic E-state index is 5.34. The molecule has 0 aliphatic carbocycles. The molecule has 1 aliphatic heterocycles. The van der Waals surface area contributed by atoms with Gasteiger partial charge in [-0.25, -0.2) is 0 Å². The summed E-state index contributed by atoms with van der Waals surface area (Å²) in [6.07, 6.45) is 0. The first-order chi connectivity index (χ1) is 2.63. The summed E-state index contributed by atoms with van der Waals surface area (Å²) in [4.78, 5) is 0. The molecule has 1 aliphatic rings. The predicted octanol–water partition coefficient (Wildman–Crippen LogP) is -0.704. The minimum absolute atomic E-state index is 0.292. The van der Waals surface area contributed by atoms with Gasteiger partial charge in [0.25, 0.3) is 5.82 Å². The SMILES string of the molecule is C=C1N[N+]1(C)N. The second-order valence-electron chi connectivity index (χ2n) is 1.63. The summed E-state index contributed by atoms with van der Waals surface area (Å²) >= 11 is 0. The standard InChI is InChI=1S/C3H8N3/c1-3-5-6(3,2)4/h5H,1,4H2,2H3/q+1. The fourth-order valence-corrected chi connectivity index (χ4v) is 0.243. The van der Waals surface area contributed by atoms with Crippen molar-refractivity contribution in [3.05, 3.63) is 12.4 Å². The van der Waals surface area contributed by atoms with E-state index in [9.17, 15) is 0 Å². The van der Waals surface area contributed by atoms with E-state index in [1.807, 2.05) is 7.05 Å². The predicted molar refractivity (Wildman–Crippen MR) is 22.6 cm³/mol. The quantitative estimate of drug-likeness (QED) is 0.232. The largest absolute Gasteiger partial charge is 0.284 e. The van der Waals surface area contributed by atoms with Crippen molar-refractivity contribution in [2.24, 2.45) is 5.84 Å².